The third-order valence-electron chi connectivity index (χ3n) is 8.05. The number of amides is 1. The molecule has 0 bridgehead atoms. The Morgan fingerprint density at radius 2 is 1.64 bits per heavy atom. The van der Waals surface area contributed by atoms with Gasteiger partial charge in [-0.2, -0.15) is 0 Å². The quantitative estimate of drug-likeness (QED) is 0.515. The van der Waals surface area contributed by atoms with Crippen molar-refractivity contribution >= 4 is 28.3 Å². The molecule has 2 aliphatic heterocycles. The van der Waals surface area contributed by atoms with Gasteiger partial charge < -0.3 is 29.5 Å². The molecule has 39 heavy (non-hydrogen) atoms. The lowest BCUT2D eigenvalue weighted by molar-refractivity contribution is 0.0890. The van der Waals surface area contributed by atoms with Crippen molar-refractivity contribution in [3.8, 4) is 5.75 Å². The molecule has 0 spiro atoms. The number of carbonyl (C=O) groups is 1. The zero-order valence-corrected chi connectivity index (χ0v) is 22.6. The van der Waals surface area contributed by atoms with E-state index < -0.39 is 0 Å². The normalized spacial score (nSPS) is 22.6. The van der Waals surface area contributed by atoms with Crippen molar-refractivity contribution in [3.05, 3.63) is 48.5 Å². The van der Waals surface area contributed by atoms with Crippen LogP contribution in [0.1, 0.15) is 36.2 Å². The number of benzene rings is 1. The van der Waals surface area contributed by atoms with Crippen LogP contribution in [0.25, 0.3) is 11.0 Å². The highest BCUT2D eigenvalue weighted by Crippen LogP contribution is 2.33. The molecular weight excluding hydrogens is 494 g/mol. The number of ether oxygens (including phenoxy) is 2. The minimum atomic E-state index is -0.108. The van der Waals surface area contributed by atoms with E-state index in [1.165, 1.54) is 0 Å². The number of hydrogen-bond acceptors (Lipinski definition) is 9. The maximum absolute atomic E-state index is 12.9. The summed E-state index contributed by atoms with van der Waals surface area (Å²) in [4.78, 5) is 33.4. The highest BCUT2D eigenvalue weighted by molar-refractivity contribution is 5.92. The predicted octanol–water partition coefficient (Wildman–Crippen LogP) is 2.73. The Balaban J connectivity index is 1.04. The molecule has 3 aromatic rings. The number of hydrogen-bond donors (Lipinski definition) is 1. The first-order chi connectivity index (χ1) is 19.1. The van der Waals surface area contributed by atoms with Crippen LogP contribution in [0.15, 0.2) is 42.9 Å². The van der Waals surface area contributed by atoms with Gasteiger partial charge in [-0.3, -0.25) is 9.78 Å². The van der Waals surface area contributed by atoms with Gasteiger partial charge in [-0.05, 0) is 50.9 Å². The number of pyridine rings is 1. The molecule has 0 radical (unpaired) electrons. The molecule has 10 nitrogen and oxygen atoms in total. The minimum Gasteiger partial charge on any atom is -0.488 e. The molecule has 206 valence electrons. The fourth-order valence-corrected chi connectivity index (χ4v) is 5.66. The summed E-state index contributed by atoms with van der Waals surface area (Å²) >= 11 is 0. The van der Waals surface area contributed by atoms with E-state index in [0.29, 0.717) is 5.69 Å². The standard InChI is InChI=1S/C29H37N7O3/c1-34-10-12-35(13-11-34)22-4-7-25(32-20-22)29(37)33-21-2-5-24(6-3-21)39-27-19-23(36-14-16-38-17-15-36)18-26-28(27)31-9-8-30-26/h4,7-9,18-21,24H,2-3,5-6,10-17H2,1H3,(H,33,37). The number of nitrogens with one attached hydrogen (secondary N) is 1. The number of rotatable bonds is 6. The Bertz CT molecular complexity index is 1270. The first-order valence-electron chi connectivity index (χ1n) is 14.1. The summed E-state index contributed by atoms with van der Waals surface area (Å²) in [5, 5.41) is 3.19. The molecule has 3 fully saturated rings. The number of carbonyl (C=O) groups excluding carboxylic acids is 1. The summed E-state index contributed by atoms with van der Waals surface area (Å²) in [6.07, 6.45) is 8.78. The third kappa shape index (κ3) is 6.07. The molecule has 6 rings (SSSR count). The van der Waals surface area contributed by atoms with E-state index in [0.717, 1.165) is 106 Å². The smallest absolute Gasteiger partial charge is 0.270 e. The topological polar surface area (TPSA) is 96.0 Å². The molecule has 1 aliphatic carbocycles. The summed E-state index contributed by atoms with van der Waals surface area (Å²) in [7, 11) is 2.14. The van der Waals surface area contributed by atoms with E-state index in [9.17, 15) is 4.79 Å². The number of fused-ring (bicyclic) bond motifs is 1. The zero-order chi connectivity index (χ0) is 26.6. The third-order valence-corrected chi connectivity index (χ3v) is 8.05. The van der Waals surface area contributed by atoms with Crippen molar-refractivity contribution in [2.24, 2.45) is 0 Å². The van der Waals surface area contributed by atoms with E-state index in [4.69, 9.17) is 9.47 Å². The Morgan fingerprint density at radius 1 is 0.897 bits per heavy atom. The lowest BCUT2D eigenvalue weighted by atomic mass is 9.92. The molecule has 0 unspecified atom stereocenters. The SMILES string of the molecule is CN1CCN(c2ccc(C(=O)NC3CCC(Oc4cc(N5CCOCC5)cc5nccnc45)CC3)nc2)CC1. The van der Waals surface area contributed by atoms with Gasteiger partial charge >= 0.3 is 0 Å². The highest BCUT2D eigenvalue weighted by atomic mass is 16.5. The molecular formula is C29H37N7O3. The predicted molar refractivity (Wildman–Crippen MR) is 151 cm³/mol. The van der Waals surface area contributed by atoms with Crippen LogP contribution in [0.2, 0.25) is 0 Å². The molecule has 1 saturated carbocycles. The summed E-state index contributed by atoms with van der Waals surface area (Å²) < 4.78 is 12.0. The monoisotopic (exact) mass is 531 g/mol. The Hall–Kier alpha value is -3.50. The van der Waals surface area contributed by atoms with Gasteiger partial charge in [0.1, 0.15) is 17.0 Å². The number of likely N-dealkylation sites (N-methyl/N-ethyl adjacent to an activating group) is 1. The second-order valence-electron chi connectivity index (χ2n) is 10.7. The second kappa shape index (κ2) is 11.7. The number of piperazine rings is 1. The maximum atomic E-state index is 12.9. The van der Waals surface area contributed by atoms with Crippen molar-refractivity contribution in [2.75, 3.05) is 69.3 Å². The second-order valence-corrected chi connectivity index (χ2v) is 10.7. The average Bonchev–Trinajstić information content (AvgIpc) is 2.99. The van der Waals surface area contributed by atoms with E-state index >= 15 is 0 Å². The fourth-order valence-electron chi connectivity index (χ4n) is 5.66. The molecule has 4 heterocycles. The Labute approximate surface area is 229 Å². The van der Waals surface area contributed by atoms with Crippen LogP contribution in [0.4, 0.5) is 11.4 Å². The van der Waals surface area contributed by atoms with Crippen LogP contribution >= 0.6 is 0 Å². The van der Waals surface area contributed by atoms with Gasteiger partial charge in [0.05, 0.1) is 36.7 Å². The van der Waals surface area contributed by atoms with Gasteiger partial charge in [-0.25, -0.2) is 9.97 Å². The summed E-state index contributed by atoms with van der Waals surface area (Å²) in [6.45, 7) is 7.19. The van der Waals surface area contributed by atoms with Crippen molar-refractivity contribution in [3.63, 3.8) is 0 Å². The Morgan fingerprint density at radius 3 is 2.38 bits per heavy atom. The van der Waals surface area contributed by atoms with Gasteiger partial charge in [0.25, 0.3) is 5.91 Å². The van der Waals surface area contributed by atoms with Gasteiger partial charge in [0.2, 0.25) is 0 Å². The van der Waals surface area contributed by atoms with E-state index in [2.05, 4.69) is 54.1 Å². The zero-order valence-electron chi connectivity index (χ0n) is 22.6. The van der Waals surface area contributed by atoms with Crippen LogP contribution in [-0.4, -0.2) is 97.4 Å². The minimum absolute atomic E-state index is 0.0734. The van der Waals surface area contributed by atoms with Crippen LogP contribution in [-0.2, 0) is 4.74 Å². The molecule has 2 saturated heterocycles. The van der Waals surface area contributed by atoms with Crippen molar-refractivity contribution in [1.82, 2.24) is 25.2 Å². The largest absolute Gasteiger partial charge is 0.488 e. The van der Waals surface area contributed by atoms with E-state index in [1.807, 2.05) is 18.3 Å². The van der Waals surface area contributed by atoms with Crippen LogP contribution in [0.5, 0.6) is 5.75 Å². The van der Waals surface area contributed by atoms with Crippen molar-refractivity contribution in [2.45, 2.75) is 37.8 Å². The molecule has 1 amide bonds. The molecule has 0 atom stereocenters. The first kappa shape index (κ1) is 25.8. The van der Waals surface area contributed by atoms with Gasteiger partial charge in [-0.15, -0.1) is 0 Å². The highest BCUT2D eigenvalue weighted by Gasteiger charge is 2.26. The summed E-state index contributed by atoms with van der Waals surface area (Å²) in [5.74, 6) is 0.669. The lowest BCUT2D eigenvalue weighted by Gasteiger charge is -2.33. The molecule has 1 aromatic carbocycles. The summed E-state index contributed by atoms with van der Waals surface area (Å²) in [5.41, 5.74) is 4.26. The summed E-state index contributed by atoms with van der Waals surface area (Å²) in [6, 6.07) is 8.14. The fraction of sp³-hybridized carbons (Fsp3) is 0.517. The van der Waals surface area contributed by atoms with E-state index in [1.54, 1.807) is 12.4 Å². The molecule has 3 aliphatic rings. The molecule has 2 aromatic heterocycles. The van der Waals surface area contributed by atoms with Crippen molar-refractivity contribution < 1.29 is 14.3 Å². The van der Waals surface area contributed by atoms with E-state index in [-0.39, 0.29) is 18.1 Å². The van der Waals surface area contributed by atoms with Crippen LogP contribution in [0.3, 0.4) is 0 Å². The lowest BCUT2D eigenvalue weighted by Crippen LogP contribution is -2.44. The van der Waals surface area contributed by atoms with Gasteiger partial charge in [0.15, 0.2) is 0 Å². The molecule has 10 heteroatoms. The molecule has 1 N–H and O–H groups in total. The van der Waals surface area contributed by atoms with Crippen LogP contribution < -0.4 is 19.9 Å². The van der Waals surface area contributed by atoms with Crippen LogP contribution in [0, 0.1) is 0 Å². The first-order valence-corrected chi connectivity index (χ1v) is 14.1. The number of anilines is 2. The number of morpholine rings is 1. The number of aromatic nitrogens is 3. The average molecular weight is 532 g/mol. The van der Waals surface area contributed by atoms with Gasteiger partial charge in [0, 0.05) is 69.5 Å². The maximum Gasteiger partial charge on any atom is 0.270 e. The number of nitrogens with zero attached hydrogens (tertiary/aromatic N) is 6. The van der Waals surface area contributed by atoms with Crippen molar-refractivity contribution in [1.29, 1.82) is 0 Å². The van der Waals surface area contributed by atoms with Gasteiger partial charge in [-0.1, -0.05) is 0 Å². The Kier molecular flexibility index (Phi) is 7.74.